The zero-order valence-corrected chi connectivity index (χ0v) is 17.0. The first kappa shape index (κ1) is 21.1. The van der Waals surface area contributed by atoms with Gasteiger partial charge >= 0.3 is 0 Å². The van der Waals surface area contributed by atoms with E-state index in [-0.39, 0.29) is 30.7 Å². The lowest BCUT2D eigenvalue weighted by Gasteiger charge is -2.36. The van der Waals surface area contributed by atoms with Gasteiger partial charge in [0, 0.05) is 42.6 Å². The molecule has 0 radical (unpaired) electrons. The molecule has 154 valence electrons. The molecule has 2 N–H and O–H groups in total. The summed E-state index contributed by atoms with van der Waals surface area (Å²) in [7, 11) is 0. The minimum Gasteiger partial charge on any atom is -0.369 e. The summed E-state index contributed by atoms with van der Waals surface area (Å²) in [5, 5.41) is 5.95. The first-order valence-electron chi connectivity index (χ1n) is 9.46. The zero-order valence-electron chi connectivity index (χ0n) is 16.3. The van der Waals surface area contributed by atoms with Gasteiger partial charge in [0.05, 0.1) is 13.1 Å². The fourth-order valence-electron chi connectivity index (χ4n) is 3.25. The van der Waals surface area contributed by atoms with Gasteiger partial charge in [0.2, 0.25) is 11.8 Å². The molecule has 6 nitrogen and oxygen atoms in total. The van der Waals surface area contributed by atoms with Crippen molar-refractivity contribution in [3.05, 3.63) is 58.9 Å². The van der Waals surface area contributed by atoms with Crippen molar-refractivity contribution >= 4 is 34.8 Å². The number of piperazine rings is 1. The summed E-state index contributed by atoms with van der Waals surface area (Å²) in [6.07, 6.45) is 0. The zero-order chi connectivity index (χ0) is 20.8. The number of nitrogens with one attached hydrogen (secondary N) is 2. The van der Waals surface area contributed by atoms with E-state index in [4.69, 9.17) is 11.6 Å². The molecule has 0 spiro atoms. The summed E-state index contributed by atoms with van der Waals surface area (Å²) >= 11 is 6.11. The van der Waals surface area contributed by atoms with E-state index in [2.05, 4.69) is 27.4 Å². The number of amides is 2. The molecule has 29 heavy (non-hydrogen) atoms. The Kier molecular flexibility index (Phi) is 7.06. The molecule has 1 saturated heterocycles. The van der Waals surface area contributed by atoms with Crippen molar-refractivity contribution in [1.82, 2.24) is 10.2 Å². The third-order valence-electron chi connectivity index (χ3n) is 4.83. The molecular formula is C21H24ClFN4O2. The van der Waals surface area contributed by atoms with Crippen LogP contribution < -0.4 is 15.5 Å². The number of aryl methyl sites for hydroxylation is 1. The maximum absolute atomic E-state index is 12.9. The van der Waals surface area contributed by atoms with E-state index in [1.807, 2.05) is 18.2 Å². The van der Waals surface area contributed by atoms with E-state index in [0.29, 0.717) is 10.7 Å². The van der Waals surface area contributed by atoms with Crippen LogP contribution in [-0.4, -0.2) is 56.0 Å². The SMILES string of the molecule is Cc1ccc(Cl)cc1N1CCN(CC(=O)NCC(=O)Nc2ccc(F)cc2)CC1. The van der Waals surface area contributed by atoms with Gasteiger partial charge in [-0.05, 0) is 48.9 Å². The molecule has 2 aromatic carbocycles. The van der Waals surface area contributed by atoms with Crippen LogP contribution in [-0.2, 0) is 9.59 Å². The van der Waals surface area contributed by atoms with Crippen LogP contribution in [0.15, 0.2) is 42.5 Å². The summed E-state index contributed by atoms with van der Waals surface area (Å²) in [5.41, 5.74) is 2.78. The fourth-order valence-corrected chi connectivity index (χ4v) is 3.41. The van der Waals surface area contributed by atoms with Crippen molar-refractivity contribution in [2.75, 3.05) is 49.5 Å². The van der Waals surface area contributed by atoms with Crippen molar-refractivity contribution in [1.29, 1.82) is 0 Å². The van der Waals surface area contributed by atoms with Gasteiger partial charge in [0.15, 0.2) is 0 Å². The predicted octanol–water partition coefficient (Wildman–Crippen LogP) is 2.66. The summed E-state index contributed by atoms with van der Waals surface area (Å²) < 4.78 is 12.9. The van der Waals surface area contributed by atoms with E-state index in [9.17, 15) is 14.0 Å². The van der Waals surface area contributed by atoms with Crippen LogP contribution in [0.25, 0.3) is 0 Å². The molecule has 0 aliphatic carbocycles. The molecular weight excluding hydrogens is 395 g/mol. The highest BCUT2D eigenvalue weighted by atomic mass is 35.5. The third-order valence-corrected chi connectivity index (χ3v) is 5.06. The second kappa shape index (κ2) is 9.71. The van der Waals surface area contributed by atoms with Crippen LogP contribution in [0.2, 0.25) is 5.02 Å². The second-order valence-electron chi connectivity index (χ2n) is 7.03. The number of carbonyl (C=O) groups excluding carboxylic acids is 2. The van der Waals surface area contributed by atoms with Gasteiger partial charge in [0.25, 0.3) is 0 Å². The van der Waals surface area contributed by atoms with Gasteiger partial charge in [0.1, 0.15) is 5.82 Å². The lowest BCUT2D eigenvalue weighted by molar-refractivity contribution is -0.125. The molecule has 1 aliphatic rings. The van der Waals surface area contributed by atoms with Crippen molar-refractivity contribution in [2.45, 2.75) is 6.92 Å². The summed E-state index contributed by atoms with van der Waals surface area (Å²) in [5.74, 6) is -0.931. The van der Waals surface area contributed by atoms with Gasteiger partial charge in [-0.1, -0.05) is 17.7 Å². The maximum atomic E-state index is 12.9. The lowest BCUT2D eigenvalue weighted by Crippen LogP contribution is -2.50. The van der Waals surface area contributed by atoms with Crippen LogP contribution in [0.5, 0.6) is 0 Å². The molecule has 3 rings (SSSR count). The van der Waals surface area contributed by atoms with Crippen LogP contribution in [0.4, 0.5) is 15.8 Å². The Balaban J connectivity index is 1.40. The number of carbonyl (C=O) groups is 2. The predicted molar refractivity (Wildman–Crippen MR) is 113 cm³/mol. The molecule has 0 saturated carbocycles. The smallest absolute Gasteiger partial charge is 0.243 e. The van der Waals surface area contributed by atoms with Crippen LogP contribution in [0.3, 0.4) is 0 Å². The van der Waals surface area contributed by atoms with Crippen molar-refractivity contribution < 1.29 is 14.0 Å². The number of halogens is 2. The number of benzene rings is 2. The Bertz CT molecular complexity index is 867. The summed E-state index contributed by atoms with van der Waals surface area (Å²) in [6, 6.07) is 11.3. The monoisotopic (exact) mass is 418 g/mol. The van der Waals surface area contributed by atoms with Gasteiger partial charge in [-0.15, -0.1) is 0 Å². The molecule has 0 bridgehead atoms. The average molecular weight is 419 g/mol. The number of anilines is 2. The largest absolute Gasteiger partial charge is 0.369 e. The van der Waals surface area contributed by atoms with E-state index < -0.39 is 0 Å². The first-order valence-corrected chi connectivity index (χ1v) is 9.84. The van der Waals surface area contributed by atoms with E-state index in [1.165, 1.54) is 29.8 Å². The number of hydrogen-bond donors (Lipinski definition) is 2. The molecule has 1 fully saturated rings. The molecule has 2 amide bonds. The Morgan fingerprint density at radius 2 is 1.72 bits per heavy atom. The highest BCUT2D eigenvalue weighted by Gasteiger charge is 2.20. The van der Waals surface area contributed by atoms with E-state index in [0.717, 1.165) is 31.9 Å². The topological polar surface area (TPSA) is 64.7 Å². The molecule has 0 aromatic heterocycles. The van der Waals surface area contributed by atoms with Crippen molar-refractivity contribution in [3.8, 4) is 0 Å². The van der Waals surface area contributed by atoms with Crippen LogP contribution >= 0.6 is 11.6 Å². The van der Waals surface area contributed by atoms with Gasteiger partial charge in [-0.25, -0.2) is 4.39 Å². The molecule has 0 atom stereocenters. The number of hydrogen-bond acceptors (Lipinski definition) is 4. The number of nitrogens with zero attached hydrogens (tertiary/aromatic N) is 2. The van der Waals surface area contributed by atoms with E-state index >= 15 is 0 Å². The minimum absolute atomic E-state index is 0.127. The molecule has 0 unspecified atom stereocenters. The molecule has 2 aromatic rings. The first-order chi connectivity index (χ1) is 13.9. The molecule has 1 aliphatic heterocycles. The number of rotatable bonds is 6. The minimum atomic E-state index is -0.373. The average Bonchev–Trinajstić information content (AvgIpc) is 2.71. The van der Waals surface area contributed by atoms with Gasteiger partial charge in [-0.3, -0.25) is 14.5 Å². The van der Waals surface area contributed by atoms with Gasteiger partial charge < -0.3 is 15.5 Å². The second-order valence-corrected chi connectivity index (χ2v) is 7.46. The van der Waals surface area contributed by atoms with Crippen molar-refractivity contribution in [3.63, 3.8) is 0 Å². The Morgan fingerprint density at radius 3 is 2.41 bits per heavy atom. The van der Waals surface area contributed by atoms with Crippen molar-refractivity contribution in [2.24, 2.45) is 0 Å². The third kappa shape index (κ3) is 6.17. The Labute approximate surface area is 174 Å². The fraction of sp³-hybridized carbons (Fsp3) is 0.333. The standard InChI is InChI=1S/C21H24ClFN4O2/c1-15-2-3-16(22)12-19(15)27-10-8-26(9-11-27)14-21(29)24-13-20(28)25-18-6-4-17(23)5-7-18/h2-7,12H,8-11,13-14H2,1H3,(H,24,29)(H,25,28). The summed E-state index contributed by atoms with van der Waals surface area (Å²) in [6.45, 7) is 5.29. The molecule has 8 heteroatoms. The van der Waals surface area contributed by atoms with E-state index in [1.54, 1.807) is 0 Å². The Hall–Kier alpha value is -2.64. The van der Waals surface area contributed by atoms with Gasteiger partial charge in [-0.2, -0.15) is 0 Å². The quantitative estimate of drug-likeness (QED) is 0.757. The van der Waals surface area contributed by atoms with Crippen LogP contribution in [0.1, 0.15) is 5.56 Å². The normalized spacial score (nSPS) is 14.5. The Morgan fingerprint density at radius 1 is 1.03 bits per heavy atom. The highest BCUT2D eigenvalue weighted by Crippen LogP contribution is 2.25. The maximum Gasteiger partial charge on any atom is 0.243 e. The van der Waals surface area contributed by atoms with Crippen LogP contribution in [0, 0.1) is 12.7 Å². The highest BCUT2D eigenvalue weighted by molar-refractivity contribution is 6.30. The molecule has 1 heterocycles. The summed E-state index contributed by atoms with van der Waals surface area (Å²) in [4.78, 5) is 28.4. The lowest BCUT2D eigenvalue weighted by atomic mass is 10.1.